The van der Waals surface area contributed by atoms with E-state index in [1.807, 2.05) is 36.4 Å². The molecule has 2 aromatic carbocycles. The number of halogens is 1. The van der Waals surface area contributed by atoms with Gasteiger partial charge in [-0.05, 0) is 24.1 Å². The van der Waals surface area contributed by atoms with Crippen molar-refractivity contribution in [3.05, 3.63) is 59.7 Å². The summed E-state index contributed by atoms with van der Waals surface area (Å²) in [6.07, 6.45) is 2.00. The number of carbonyl (C=O) groups excluding carboxylic acids is 1. The fraction of sp³-hybridized carbons (Fsp3) is 0.316. The highest BCUT2D eigenvalue weighted by molar-refractivity contribution is 9.09. The lowest BCUT2D eigenvalue weighted by Gasteiger charge is -2.13. The van der Waals surface area contributed by atoms with Crippen LogP contribution in [0.5, 0.6) is 11.5 Å². The number of unbranched alkanes of at least 4 members (excludes halogenated alkanes) is 1. The van der Waals surface area contributed by atoms with Gasteiger partial charge in [-0.2, -0.15) is 0 Å². The summed E-state index contributed by atoms with van der Waals surface area (Å²) in [4.78, 5) is 12.0. The van der Waals surface area contributed by atoms with Crippen LogP contribution in [-0.4, -0.2) is 17.7 Å². The first-order valence-corrected chi connectivity index (χ1v) is 8.89. The molecule has 4 heteroatoms. The third kappa shape index (κ3) is 5.39. The predicted octanol–water partition coefficient (Wildman–Crippen LogP) is 5.02. The first-order valence-electron chi connectivity index (χ1n) is 7.77. The van der Waals surface area contributed by atoms with E-state index in [0.717, 1.165) is 18.4 Å². The Balaban J connectivity index is 2.10. The van der Waals surface area contributed by atoms with Crippen LogP contribution in [-0.2, 0) is 6.61 Å². The van der Waals surface area contributed by atoms with Crippen LogP contribution in [0.1, 0.15) is 35.7 Å². The molecule has 2 rings (SSSR count). The molecule has 122 valence electrons. The third-order valence-corrected chi connectivity index (χ3v) is 3.89. The van der Waals surface area contributed by atoms with Crippen LogP contribution in [0.2, 0.25) is 0 Å². The van der Waals surface area contributed by atoms with E-state index in [4.69, 9.17) is 9.47 Å². The van der Waals surface area contributed by atoms with Gasteiger partial charge in [-0.15, -0.1) is 0 Å². The van der Waals surface area contributed by atoms with Crippen molar-refractivity contribution in [1.82, 2.24) is 0 Å². The SMILES string of the molecule is CCCCOc1cc(OCc2ccccc2)ccc1C(=O)CBr. The van der Waals surface area contributed by atoms with Crippen LogP contribution >= 0.6 is 15.9 Å². The highest BCUT2D eigenvalue weighted by Gasteiger charge is 2.13. The van der Waals surface area contributed by atoms with E-state index in [-0.39, 0.29) is 11.1 Å². The minimum absolute atomic E-state index is 0.00566. The normalized spacial score (nSPS) is 10.3. The van der Waals surface area contributed by atoms with E-state index in [1.54, 1.807) is 12.1 Å². The molecule has 0 spiro atoms. The molecule has 0 fully saturated rings. The van der Waals surface area contributed by atoms with Crippen molar-refractivity contribution in [2.45, 2.75) is 26.4 Å². The van der Waals surface area contributed by atoms with Gasteiger partial charge in [0.15, 0.2) is 5.78 Å². The van der Waals surface area contributed by atoms with Gasteiger partial charge in [0, 0.05) is 6.07 Å². The Morgan fingerprint density at radius 3 is 2.57 bits per heavy atom. The number of rotatable bonds is 9. The van der Waals surface area contributed by atoms with E-state index in [1.165, 1.54) is 0 Å². The summed E-state index contributed by atoms with van der Waals surface area (Å²) in [6, 6.07) is 15.4. The first kappa shape index (κ1) is 17.5. The standard InChI is InChI=1S/C19H21BrO3/c1-2-3-11-22-19-12-16(9-10-17(19)18(21)13-20)23-14-15-7-5-4-6-8-15/h4-10,12H,2-3,11,13-14H2,1H3. The summed E-state index contributed by atoms with van der Waals surface area (Å²) >= 11 is 3.21. The average Bonchev–Trinajstić information content (AvgIpc) is 2.60. The first-order chi connectivity index (χ1) is 11.2. The molecule has 0 N–H and O–H groups in total. The molecule has 0 aliphatic heterocycles. The Bertz CT molecular complexity index is 626. The van der Waals surface area contributed by atoms with Crippen LogP contribution in [0.15, 0.2) is 48.5 Å². The van der Waals surface area contributed by atoms with Gasteiger partial charge in [-0.25, -0.2) is 0 Å². The van der Waals surface area contributed by atoms with Gasteiger partial charge in [-0.1, -0.05) is 59.6 Å². The number of Topliss-reactive ketones (excluding diaryl/α,β-unsaturated/α-hetero) is 1. The van der Waals surface area contributed by atoms with Crippen molar-refractivity contribution in [2.75, 3.05) is 11.9 Å². The van der Waals surface area contributed by atoms with Gasteiger partial charge >= 0.3 is 0 Å². The molecule has 0 aliphatic carbocycles. The van der Waals surface area contributed by atoms with Crippen molar-refractivity contribution in [1.29, 1.82) is 0 Å². The smallest absolute Gasteiger partial charge is 0.177 e. The van der Waals surface area contributed by atoms with Crippen molar-refractivity contribution in [2.24, 2.45) is 0 Å². The topological polar surface area (TPSA) is 35.5 Å². The fourth-order valence-electron chi connectivity index (χ4n) is 2.08. The van der Waals surface area contributed by atoms with E-state index in [9.17, 15) is 4.79 Å². The minimum atomic E-state index is 0.00566. The molecule has 0 saturated heterocycles. The molecule has 0 aromatic heterocycles. The van der Waals surface area contributed by atoms with Crippen LogP contribution in [0.3, 0.4) is 0 Å². The molecule has 0 heterocycles. The Morgan fingerprint density at radius 1 is 1.09 bits per heavy atom. The number of ketones is 1. The molecule has 3 nitrogen and oxygen atoms in total. The number of alkyl halides is 1. The lowest BCUT2D eigenvalue weighted by atomic mass is 10.1. The van der Waals surface area contributed by atoms with Crippen LogP contribution in [0.4, 0.5) is 0 Å². The molecule has 0 bridgehead atoms. The summed E-state index contributed by atoms with van der Waals surface area (Å²) in [5.41, 5.74) is 1.69. The molecule has 0 atom stereocenters. The second kappa shape index (κ2) is 9.36. The molecule has 23 heavy (non-hydrogen) atoms. The number of ether oxygens (including phenoxy) is 2. The lowest BCUT2D eigenvalue weighted by molar-refractivity contribution is 0.101. The Kier molecular flexibility index (Phi) is 7.14. The summed E-state index contributed by atoms with van der Waals surface area (Å²) in [5.74, 6) is 1.30. The van der Waals surface area contributed by atoms with E-state index >= 15 is 0 Å². The van der Waals surface area contributed by atoms with Crippen molar-refractivity contribution in [3.63, 3.8) is 0 Å². The van der Waals surface area contributed by atoms with Crippen molar-refractivity contribution < 1.29 is 14.3 Å². The molecular weight excluding hydrogens is 356 g/mol. The van der Waals surface area contributed by atoms with Crippen LogP contribution < -0.4 is 9.47 Å². The van der Waals surface area contributed by atoms with Crippen LogP contribution in [0, 0.1) is 0 Å². The number of hydrogen-bond acceptors (Lipinski definition) is 3. The van der Waals surface area contributed by atoms with E-state index in [0.29, 0.717) is 30.3 Å². The highest BCUT2D eigenvalue weighted by atomic mass is 79.9. The molecule has 0 radical (unpaired) electrons. The maximum absolute atomic E-state index is 12.0. The van der Waals surface area contributed by atoms with Gasteiger partial charge in [0.2, 0.25) is 0 Å². The number of benzene rings is 2. The zero-order valence-electron chi connectivity index (χ0n) is 13.3. The molecular formula is C19H21BrO3. The van der Waals surface area contributed by atoms with Gasteiger partial charge in [0.05, 0.1) is 17.5 Å². The Morgan fingerprint density at radius 2 is 1.87 bits per heavy atom. The maximum atomic E-state index is 12.0. The second-order valence-electron chi connectivity index (χ2n) is 5.19. The average molecular weight is 377 g/mol. The molecule has 0 amide bonds. The van der Waals surface area contributed by atoms with Crippen LogP contribution in [0.25, 0.3) is 0 Å². The number of carbonyl (C=O) groups is 1. The van der Waals surface area contributed by atoms with Gasteiger partial charge in [-0.3, -0.25) is 4.79 Å². The quantitative estimate of drug-likeness (QED) is 0.350. The Hall–Kier alpha value is -1.81. The Labute approximate surface area is 145 Å². The molecule has 2 aromatic rings. The van der Waals surface area contributed by atoms with E-state index < -0.39 is 0 Å². The zero-order chi connectivity index (χ0) is 16.5. The van der Waals surface area contributed by atoms with Gasteiger partial charge in [0.25, 0.3) is 0 Å². The molecule has 0 saturated carbocycles. The van der Waals surface area contributed by atoms with Gasteiger partial charge in [0.1, 0.15) is 18.1 Å². The summed E-state index contributed by atoms with van der Waals surface area (Å²) < 4.78 is 11.6. The van der Waals surface area contributed by atoms with E-state index in [2.05, 4.69) is 22.9 Å². The predicted molar refractivity (Wildman–Crippen MR) is 95.7 cm³/mol. The van der Waals surface area contributed by atoms with Gasteiger partial charge < -0.3 is 9.47 Å². The van der Waals surface area contributed by atoms with Crippen molar-refractivity contribution in [3.8, 4) is 11.5 Å². The van der Waals surface area contributed by atoms with Crippen molar-refractivity contribution >= 4 is 21.7 Å². The fourth-order valence-corrected chi connectivity index (χ4v) is 2.38. The summed E-state index contributed by atoms with van der Waals surface area (Å²) in [7, 11) is 0. The maximum Gasteiger partial charge on any atom is 0.177 e. The monoisotopic (exact) mass is 376 g/mol. The summed E-state index contributed by atoms with van der Waals surface area (Å²) in [6.45, 7) is 3.19. The molecule has 0 aliphatic rings. The summed E-state index contributed by atoms with van der Waals surface area (Å²) in [5, 5.41) is 0.279. The zero-order valence-corrected chi connectivity index (χ0v) is 14.8. The minimum Gasteiger partial charge on any atom is -0.493 e. The molecule has 0 unspecified atom stereocenters. The third-order valence-electron chi connectivity index (χ3n) is 3.38. The number of hydrogen-bond donors (Lipinski definition) is 0. The largest absolute Gasteiger partial charge is 0.493 e. The second-order valence-corrected chi connectivity index (χ2v) is 5.75. The lowest BCUT2D eigenvalue weighted by Crippen LogP contribution is -2.06. The highest BCUT2D eigenvalue weighted by Crippen LogP contribution is 2.27.